The van der Waals surface area contributed by atoms with Crippen molar-refractivity contribution in [2.24, 2.45) is 15.9 Å². The Balaban J connectivity index is 1.90. The molecule has 0 radical (unpaired) electrons. The molecule has 2 atom stereocenters. The summed E-state index contributed by atoms with van der Waals surface area (Å²) in [6.45, 7) is 12.6. The number of nitrogens with zero attached hydrogens (tertiary/aromatic N) is 2. The molecule has 0 saturated heterocycles. The first kappa shape index (κ1) is 21.4. The second-order valence-corrected chi connectivity index (χ2v) is 7.51. The fourth-order valence-corrected chi connectivity index (χ4v) is 3.26. The Morgan fingerprint density at radius 3 is 2.52 bits per heavy atom. The Labute approximate surface area is 165 Å². The molecular weight excluding hydrogens is 332 g/mol. The smallest absolute Gasteiger partial charge is 0.124 e. The maximum atomic E-state index is 4.79. The van der Waals surface area contributed by atoms with Crippen LogP contribution in [0.3, 0.4) is 0 Å². The quantitative estimate of drug-likeness (QED) is 0.563. The van der Waals surface area contributed by atoms with Crippen molar-refractivity contribution in [3.8, 4) is 0 Å². The van der Waals surface area contributed by atoms with Gasteiger partial charge in [0.1, 0.15) is 5.84 Å². The summed E-state index contributed by atoms with van der Waals surface area (Å²) >= 11 is 0. The molecule has 1 aromatic rings. The van der Waals surface area contributed by atoms with Gasteiger partial charge in [0.15, 0.2) is 0 Å². The van der Waals surface area contributed by atoms with Crippen LogP contribution in [0.15, 0.2) is 40.8 Å². The summed E-state index contributed by atoms with van der Waals surface area (Å²) in [5, 5.41) is 6.68. The Hall–Kier alpha value is -1.94. The number of benzene rings is 1. The Morgan fingerprint density at radius 1 is 1.15 bits per heavy atom. The van der Waals surface area contributed by atoms with Gasteiger partial charge in [0.25, 0.3) is 0 Å². The third-order valence-corrected chi connectivity index (χ3v) is 5.43. The molecule has 1 heterocycles. The van der Waals surface area contributed by atoms with E-state index in [0.717, 1.165) is 53.7 Å². The number of hydrogen-bond donors (Lipinski definition) is 2. The maximum absolute atomic E-state index is 4.79. The minimum absolute atomic E-state index is 0.437. The summed E-state index contributed by atoms with van der Waals surface area (Å²) < 4.78 is 0. The van der Waals surface area contributed by atoms with Crippen LogP contribution in [0.2, 0.25) is 0 Å². The molecule has 1 aliphatic heterocycles. The van der Waals surface area contributed by atoms with Crippen molar-refractivity contribution in [1.82, 2.24) is 10.6 Å². The Morgan fingerprint density at radius 2 is 1.89 bits per heavy atom. The van der Waals surface area contributed by atoms with Crippen LogP contribution >= 0.6 is 0 Å². The highest BCUT2D eigenvalue weighted by atomic mass is 15.0. The first-order valence-corrected chi connectivity index (χ1v) is 10.4. The molecule has 0 spiro atoms. The first-order valence-electron chi connectivity index (χ1n) is 10.4. The van der Waals surface area contributed by atoms with E-state index in [-0.39, 0.29) is 0 Å². The first-order chi connectivity index (χ1) is 13.1. The Kier molecular flexibility index (Phi) is 8.73. The monoisotopic (exact) mass is 368 g/mol. The molecule has 27 heavy (non-hydrogen) atoms. The van der Waals surface area contributed by atoms with E-state index < -0.39 is 0 Å². The van der Waals surface area contributed by atoms with Crippen LogP contribution in [-0.4, -0.2) is 37.7 Å². The lowest BCUT2D eigenvalue weighted by atomic mass is 9.96. The molecule has 1 aliphatic rings. The van der Waals surface area contributed by atoms with Crippen molar-refractivity contribution in [1.29, 1.82) is 0 Å². The highest BCUT2D eigenvalue weighted by molar-refractivity contribution is 6.12. The molecule has 0 bridgehead atoms. The van der Waals surface area contributed by atoms with Gasteiger partial charge in [-0.2, -0.15) is 0 Å². The van der Waals surface area contributed by atoms with Gasteiger partial charge in [-0.25, -0.2) is 4.99 Å². The van der Waals surface area contributed by atoms with Crippen molar-refractivity contribution < 1.29 is 0 Å². The average molecular weight is 369 g/mol. The molecule has 0 fully saturated rings. The Bertz CT molecular complexity index is 657. The van der Waals surface area contributed by atoms with Crippen LogP contribution < -0.4 is 10.6 Å². The summed E-state index contributed by atoms with van der Waals surface area (Å²) in [4.78, 5) is 9.45. The van der Waals surface area contributed by atoms with Gasteiger partial charge in [0.05, 0.1) is 12.3 Å². The van der Waals surface area contributed by atoms with E-state index in [1.54, 1.807) is 0 Å². The van der Waals surface area contributed by atoms with Gasteiger partial charge in [-0.05, 0) is 56.8 Å². The summed E-state index contributed by atoms with van der Waals surface area (Å²) in [6.07, 6.45) is 5.70. The topological polar surface area (TPSA) is 48.8 Å². The van der Waals surface area contributed by atoms with Gasteiger partial charge >= 0.3 is 0 Å². The molecule has 0 saturated carbocycles. The zero-order chi connectivity index (χ0) is 19.6. The van der Waals surface area contributed by atoms with Crippen molar-refractivity contribution in [2.45, 2.75) is 58.9 Å². The van der Waals surface area contributed by atoms with Gasteiger partial charge in [-0.15, -0.1) is 0 Å². The number of nitrogens with one attached hydrogen (secondary N) is 2. The molecule has 4 heteroatoms. The zero-order valence-electron chi connectivity index (χ0n) is 17.5. The van der Waals surface area contributed by atoms with Gasteiger partial charge < -0.3 is 10.6 Å². The van der Waals surface area contributed by atoms with Gasteiger partial charge in [-0.3, -0.25) is 4.99 Å². The van der Waals surface area contributed by atoms with Crippen LogP contribution in [0.25, 0.3) is 5.70 Å². The fourth-order valence-electron chi connectivity index (χ4n) is 3.26. The van der Waals surface area contributed by atoms with Crippen molar-refractivity contribution in [3.63, 3.8) is 0 Å². The highest BCUT2D eigenvalue weighted by Gasteiger charge is 2.14. The molecule has 1 aromatic carbocycles. The van der Waals surface area contributed by atoms with Crippen LogP contribution in [-0.2, 0) is 0 Å². The van der Waals surface area contributed by atoms with Crippen LogP contribution in [0.4, 0.5) is 0 Å². The van der Waals surface area contributed by atoms with E-state index in [9.17, 15) is 0 Å². The SMILES string of the molecule is C=C(NC(C)CC)c1ccc(C2=NC(CCC(CC)CCNC)=NC2)cc1. The van der Waals surface area contributed by atoms with Gasteiger partial charge in [0, 0.05) is 18.2 Å². The number of hydrogen-bond acceptors (Lipinski definition) is 4. The van der Waals surface area contributed by atoms with Gasteiger partial charge in [0.2, 0.25) is 0 Å². The van der Waals surface area contributed by atoms with Crippen molar-refractivity contribution in [3.05, 3.63) is 42.0 Å². The number of amidine groups is 1. The molecule has 148 valence electrons. The lowest BCUT2D eigenvalue weighted by Gasteiger charge is -2.15. The fraction of sp³-hybridized carbons (Fsp3) is 0.565. The molecule has 0 aromatic heterocycles. The van der Waals surface area contributed by atoms with Crippen molar-refractivity contribution >= 4 is 17.2 Å². The molecular formula is C23H36N4. The van der Waals surface area contributed by atoms with E-state index in [2.05, 4.69) is 67.2 Å². The van der Waals surface area contributed by atoms with E-state index >= 15 is 0 Å². The highest BCUT2D eigenvalue weighted by Crippen LogP contribution is 2.19. The van der Waals surface area contributed by atoms with Crippen LogP contribution in [0.5, 0.6) is 0 Å². The average Bonchev–Trinajstić information content (AvgIpc) is 3.17. The number of rotatable bonds is 12. The summed E-state index contributed by atoms with van der Waals surface area (Å²) in [5.74, 6) is 1.77. The van der Waals surface area contributed by atoms with Crippen LogP contribution in [0.1, 0.15) is 64.0 Å². The van der Waals surface area contributed by atoms with E-state index in [0.29, 0.717) is 12.6 Å². The predicted molar refractivity (Wildman–Crippen MR) is 119 cm³/mol. The molecule has 2 rings (SSSR count). The summed E-state index contributed by atoms with van der Waals surface area (Å²) in [7, 11) is 2.02. The molecule has 2 unspecified atom stereocenters. The van der Waals surface area contributed by atoms with E-state index in [1.165, 1.54) is 19.3 Å². The second-order valence-electron chi connectivity index (χ2n) is 7.51. The third kappa shape index (κ3) is 6.62. The zero-order valence-corrected chi connectivity index (χ0v) is 17.5. The standard InChI is InChI=1S/C23H36N4/c1-6-17(3)26-18(4)20-9-11-21(12-10-20)22-16-25-23(27-22)13-8-19(7-2)14-15-24-5/h9-12,17,19,24,26H,4,6-8,13-16H2,1-3,5H3. The maximum Gasteiger partial charge on any atom is 0.124 e. The number of aliphatic imine (C=N–C) groups is 2. The summed E-state index contributed by atoms with van der Waals surface area (Å²) in [6, 6.07) is 8.96. The third-order valence-electron chi connectivity index (χ3n) is 5.43. The summed E-state index contributed by atoms with van der Waals surface area (Å²) in [5.41, 5.74) is 4.36. The largest absolute Gasteiger partial charge is 0.383 e. The second kappa shape index (κ2) is 11.0. The van der Waals surface area contributed by atoms with Crippen LogP contribution in [0, 0.1) is 5.92 Å². The van der Waals surface area contributed by atoms with Crippen molar-refractivity contribution in [2.75, 3.05) is 20.1 Å². The molecule has 4 nitrogen and oxygen atoms in total. The minimum atomic E-state index is 0.437. The lowest BCUT2D eigenvalue weighted by molar-refractivity contribution is 0.437. The predicted octanol–water partition coefficient (Wildman–Crippen LogP) is 4.66. The van der Waals surface area contributed by atoms with Gasteiger partial charge in [-0.1, -0.05) is 51.1 Å². The molecule has 2 N–H and O–H groups in total. The molecule has 0 amide bonds. The van der Waals surface area contributed by atoms with E-state index in [1.807, 2.05) is 7.05 Å². The molecule has 0 aliphatic carbocycles. The normalized spacial score (nSPS) is 15.9. The minimum Gasteiger partial charge on any atom is -0.383 e. The lowest BCUT2D eigenvalue weighted by Crippen LogP contribution is -2.22. The van der Waals surface area contributed by atoms with E-state index in [4.69, 9.17) is 4.99 Å².